The molecule has 1 N–H and O–H groups in total. The van der Waals surface area contributed by atoms with E-state index in [1.807, 2.05) is 62.4 Å². The zero-order valence-electron chi connectivity index (χ0n) is 15.2. The molecule has 2 aromatic carbocycles. The molecule has 0 fully saturated rings. The van der Waals surface area contributed by atoms with Crippen LogP contribution in [0.15, 0.2) is 64.0 Å². The first-order valence-electron chi connectivity index (χ1n) is 8.55. The Morgan fingerprint density at radius 2 is 1.88 bits per heavy atom. The van der Waals surface area contributed by atoms with E-state index in [1.54, 1.807) is 11.8 Å². The monoisotopic (exact) mass is 366 g/mol. The minimum Gasteiger partial charge on any atom is -0.360 e. The van der Waals surface area contributed by atoms with E-state index in [9.17, 15) is 4.79 Å². The van der Waals surface area contributed by atoms with Crippen LogP contribution in [0.4, 0.5) is 0 Å². The molecule has 0 saturated heterocycles. The molecule has 0 radical (unpaired) electrons. The summed E-state index contributed by atoms with van der Waals surface area (Å²) in [7, 11) is 0. The molecule has 1 amide bonds. The van der Waals surface area contributed by atoms with Crippen LogP contribution in [-0.4, -0.2) is 11.1 Å². The number of nitrogens with one attached hydrogen (secondary N) is 1. The van der Waals surface area contributed by atoms with Gasteiger partial charge in [-0.25, -0.2) is 0 Å². The van der Waals surface area contributed by atoms with Gasteiger partial charge in [0.1, 0.15) is 5.76 Å². The third-order valence-corrected chi connectivity index (χ3v) is 5.28. The van der Waals surface area contributed by atoms with E-state index >= 15 is 0 Å². The molecule has 134 valence electrons. The van der Waals surface area contributed by atoms with Crippen LogP contribution >= 0.6 is 11.8 Å². The summed E-state index contributed by atoms with van der Waals surface area (Å²) in [5.41, 5.74) is 3.83. The molecule has 0 saturated carbocycles. The summed E-state index contributed by atoms with van der Waals surface area (Å²) in [6.45, 7) is 5.96. The van der Waals surface area contributed by atoms with Crippen molar-refractivity contribution in [3.63, 3.8) is 0 Å². The summed E-state index contributed by atoms with van der Waals surface area (Å²) >= 11 is 1.57. The largest absolute Gasteiger partial charge is 0.360 e. The average Bonchev–Trinajstić information content (AvgIpc) is 3.05. The molecular weight excluding hydrogens is 344 g/mol. The number of rotatable bonds is 6. The number of aryl methyl sites for hydroxylation is 2. The minimum absolute atomic E-state index is 0.0568. The second-order valence-corrected chi connectivity index (χ2v) is 7.29. The van der Waals surface area contributed by atoms with Crippen molar-refractivity contribution in [2.75, 3.05) is 0 Å². The third-order valence-electron chi connectivity index (χ3n) is 4.18. The number of hydrogen-bond donors (Lipinski definition) is 1. The van der Waals surface area contributed by atoms with E-state index in [4.69, 9.17) is 4.52 Å². The van der Waals surface area contributed by atoms with Gasteiger partial charge in [0.15, 0.2) is 0 Å². The Hall–Kier alpha value is -2.53. The summed E-state index contributed by atoms with van der Waals surface area (Å²) in [6.07, 6.45) is 0. The lowest BCUT2D eigenvalue weighted by Crippen LogP contribution is -2.27. The molecule has 5 heteroatoms. The maximum absolute atomic E-state index is 12.8. The smallest absolute Gasteiger partial charge is 0.252 e. The highest BCUT2D eigenvalue weighted by atomic mass is 32.2. The minimum atomic E-state index is -0.0717. The lowest BCUT2D eigenvalue weighted by atomic mass is 10.0. The van der Waals surface area contributed by atoms with Crippen molar-refractivity contribution in [2.24, 2.45) is 0 Å². The Bertz CT molecular complexity index is 904. The van der Waals surface area contributed by atoms with E-state index in [1.165, 1.54) is 5.56 Å². The molecule has 1 aromatic heterocycles. The van der Waals surface area contributed by atoms with Crippen LogP contribution in [-0.2, 0) is 5.75 Å². The normalized spacial score (nSPS) is 12.0. The van der Waals surface area contributed by atoms with Gasteiger partial charge >= 0.3 is 0 Å². The fraction of sp³-hybridized carbons (Fsp3) is 0.238. The summed E-state index contributed by atoms with van der Waals surface area (Å²) in [5, 5.41) is 7.01. The molecular formula is C21H22N2O2S. The van der Waals surface area contributed by atoms with Gasteiger partial charge in [-0.05, 0) is 44.0 Å². The first-order valence-corrected chi connectivity index (χ1v) is 9.53. The van der Waals surface area contributed by atoms with Crippen LogP contribution in [0.3, 0.4) is 0 Å². The molecule has 0 bridgehead atoms. The zero-order chi connectivity index (χ0) is 18.5. The highest BCUT2D eigenvalue weighted by Crippen LogP contribution is 2.27. The Morgan fingerprint density at radius 1 is 1.15 bits per heavy atom. The number of carbonyl (C=O) groups is 1. The van der Waals surface area contributed by atoms with Crippen LogP contribution in [0.1, 0.15) is 45.9 Å². The summed E-state index contributed by atoms with van der Waals surface area (Å²) in [4.78, 5) is 13.7. The predicted molar refractivity (Wildman–Crippen MR) is 104 cm³/mol. The summed E-state index contributed by atoms with van der Waals surface area (Å²) in [6, 6.07) is 17.6. The SMILES string of the molecule is Cc1cc(CSc2ccccc2C(=O)NC(C)c2ccccc2C)on1. The molecule has 26 heavy (non-hydrogen) atoms. The standard InChI is InChI=1S/C21H22N2O2S/c1-14-8-4-5-9-18(14)16(3)22-21(24)19-10-6-7-11-20(19)26-13-17-12-15(2)23-25-17/h4-12,16H,13H2,1-3H3,(H,22,24). The second kappa shape index (κ2) is 8.23. The van der Waals surface area contributed by atoms with Crippen LogP contribution in [0, 0.1) is 13.8 Å². The third kappa shape index (κ3) is 4.35. The zero-order valence-corrected chi connectivity index (χ0v) is 16.0. The molecule has 3 aromatic rings. The van der Waals surface area contributed by atoms with Crippen molar-refractivity contribution in [3.8, 4) is 0 Å². The average molecular weight is 366 g/mol. The highest BCUT2D eigenvalue weighted by Gasteiger charge is 2.16. The summed E-state index contributed by atoms with van der Waals surface area (Å²) in [5.74, 6) is 1.37. The number of benzene rings is 2. The van der Waals surface area contributed by atoms with Crippen molar-refractivity contribution in [1.29, 1.82) is 0 Å². The Balaban J connectivity index is 1.72. The van der Waals surface area contributed by atoms with Crippen molar-refractivity contribution in [1.82, 2.24) is 10.5 Å². The summed E-state index contributed by atoms with van der Waals surface area (Å²) < 4.78 is 5.25. The van der Waals surface area contributed by atoms with Crippen molar-refractivity contribution in [3.05, 3.63) is 82.7 Å². The van der Waals surface area contributed by atoms with Gasteiger partial charge in [-0.2, -0.15) is 0 Å². The molecule has 1 atom stereocenters. The Morgan fingerprint density at radius 3 is 2.62 bits per heavy atom. The Kier molecular flexibility index (Phi) is 5.78. The second-order valence-electron chi connectivity index (χ2n) is 6.27. The predicted octanol–water partition coefficient (Wildman–Crippen LogP) is 5.07. The van der Waals surface area contributed by atoms with Gasteiger partial charge in [0.2, 0.25) is 0 Å². The highest BCUT2D eigenvalue weighted by molar-refractivity contribution is 7.98. The quantitative estimate of drug-likeness (QED) is 0.619. The molecule has 0 spiro atoms. The van der Waals surface area contributed by atoms with Crippen molar-refractivity contribution < 1.29 is 9.32 Å². The number of carbonyl (C=O) groups excluding carboxylic acids is 1. The van der Waals surface area contributed by atoms with Crippen LogP contribution in [0.2, 0.25) is 0 Å². The van der Waals surface area contributed by atoms with Gasteiger partial charge in [0.25, 0.3) is 5.91 Å². The lowest BCUT2D eigenvalue weighted by molar-refractivity contribution is 0.0937. The lowest BCUT2D eigenvalue weighted by Gasteiger charge is -2.17. The maximum atomic E-state index is 12.8. The molecule has 1 unspecified atom stereocenters. The van der Waals surface area contributed by atoms with Crippen molar-refractivity contribution in [2.45, 2.75) is 37.5 Å². The van der Waals surface area contributed by atoms with Gasteiger partial charge in [0.05, 0.1) is 23.1 Å². The van der Waals surface area contributed by atoms with E-state index in [0.717, 1.165) is 21.9 Å². The molecule has 0 aliphatic carbocycles. The van der Waals surface area contributed by atoms with E-state index in [0.29, 0.717) is 11.3 Å². The fourth-order valence-electron chi connectivity index (χ4n) is 2.84. The van der Waals surface area contributed by atoms with E-state index in [2.05, 4.69) is 23.5 Å². The first kappa shape index (κ1) is 18.3. The van der Waals surface area contributed by atoms with Crippen LogP contribution in [0.5, 0.6) is 0 Å². The van der Waals surface area contributed by atoms with Crippen LogP contribution in [0.25, 0.3) is 0 Å². The maximum Gasteiger partial charge on any atom is 0.252 e. The van der Waals surface area contributed by atoms with Gasteiger partial charge in [-0.15, -0.1) is 11.8 Å². The van der Waals surface area contributed by atoms with Crippen LogP contribution < -0.4 is 5.32 Å². The van der Waals surface area contributed by atoms with E-state index < -0.39 is 0 Å². The molecule has 3 rings (SSSR count). The van der Waals surface area contributed by atoms with Gasteiger partial charge < -0.3 is 9.84 Å². The number of nitrogens with zero attached hydrogens (tertiary/aromatic N) is 1. The number of amides is 1. The topological polar surface area (TPSA) is 55.1 Å². The molecule has 4 nitrogen and oxygen atoms in total. The molecule has 0 aliphatic heterocycles. The van der Waals surface area contributed by atoms with E-state index in [-0.39, 0.29) is 11.9 Å². The first-order chi connectivity index (χ1) is 12.5. The number of thioether (sulfide) groups is 1. The van der Waals surface area contributed by atoms with Gasteiger partial charge in [-0.3, -0.25) is 4.79 Å². The number of hydrogen-bond acceptors (Lipinski definition) is 4. The van der Waals surface area contributed by atoms with Gasteiger partial charge in [0, 0.05) is 11.0 Å². The number of aromatic nitrogens is 1. The van der Waals surface area contributed by atoms with Crippen molar-refractivity contribution >= 4 is 17.7 Å². The fourth-order valence-corrected chi connectivity index (χ4v) is 3.76. The van der Waals surface area contributed by atoms with Gasteiger partial charge in [-0.1, -0.05) is 41.6 Å². The Labute approximate surface area is 158 Å². The molecule has 0 aliphatic rings. The molecule has 1 heterocycles.